The van der Waals surface area contributed by atoms with Crippen LogP contribution in [-0.4, -0.2) is 22.2 Å². The summed E-state index contributed by atoms with van der Waals surface area (Å²) in [4.78, 5) is 10.8. The average Bonchev–Trinajstić information content (AvgIpc) is 2.68. The quantitative estimate of drug-likeness (QED) is 0.916. The molecule has 0 bridgehead atoms. The maximum atomic E-state index is 12.9. The number of rotatable bonds is 3. The van der Waals surface area contributed by atoms with Crippen LogP contribution in [0, 0.1) is 0 Å². The molecule has 1 N–H and O–H groups in total. The second kappa shape index (κ2) is 5.22. The van der Waals surface area contributed by atoms with E-state index in [1.165, 1.54) is 11.6 Å². The molecule has 106 valence electrons. The van der Waals surface area contributed by atoms with E-state index in [-0.39, 0.29) is 12.5 Å². The van der Waals surface area contributed by atoms with Crippen molar-refractivity contribution in [2.75, 3.05) is 6.54 Å². The Labute approximate surface area is 109 Å². The van der Waals surface area contributed by atoms with Crippen molar-refractivity contribution in [3.8, 4) is 0 Å². The van der Waals surface area contributed by atoms with Gasteiger partial charge in [0.1, 0.15) is 0 Å². The Hall–Kier alpha value is -1.53. The molecule has 19 heavy (non-hydrogen) atoms. The Morgan fingerprint density at radius 1 is 1.37 bits per heavy atom. The van der Waals surface area contributed by atoms with Crippen LogP contribution in [0.3, 0.4) is 0 Å². The lowest BCUT2D eigenvalue weighted by atomic mass is 9.95. The standard InChI is InChI=1S/C12H16F3N3O/c1-8(19)16-6-7-18-10-5-3-2-4-9(10)11(17-18)12(13,14)15/h2-7H2,1H3,(H,16,19). The van der Waals surface area contributed by atoms with Gasteiger partial charge in [0.15, 0.2) is 5.69 Å². The van der Waals surface area contributed by atoms with Gasteiger partial charge in [-0.15, -0.1) is 0 Å². The second-order valence-electron chi connectivity index (χ2n) is 4.68. The van der Waals surface area contributed by atoms with E-state index in [1.807, 2.05) is 0 Å². The van der Waals surface area contributed by atoms with Gasteiger partial charge in [0.2, 0.25) is 5.91 Å². The van der Waals surface area contributed by atoms with Crippen LogP contribution in [0.4, 0.5) is 13.2 Å². The average molecular weight is 275 g/mol. The first-order valence-corrected chi connectivity index (χ1v) is 6.30. The number of hydrogen-bond donors (Lipinski definition) is 1. The highest BCUT2D eigenvalue weighted by atomic mass is 19.4. The van der Waals surface area contributed by atoms with Crippen molar-refractivity contribution in [1.82, 2.24) is 15.1 Å². The summed E-state index contributed by atoms with van der Waals surface area (Å²) in [6.07, 6.45) is -1.69. The first-order chi connectivity index (χ1) is 8.89. The number of alkyl halides is 3. The third kappa shape index (κ3) is 3.08. The zero-order valence-corrected chi connectivity index (χ0v) is 10.7. The fourth-order valence-electron chi connectivity index (χ4n) is 2.42. The van der Waals surface area contributed by atoms with Crippen molar-refractivity contribution in [2.24, 2.45) is 0 Å². The van der Waals surface area contributed by atoms with E-state index >= 15 is 0 Å². The number of nitrogens with zero attached hydrogens (tertiary/aromatic N) is 2. The fourth-order valence-corrected chi connectivity index (χ4v) is 2.42. The van der Waals surface area contributed by atoms with Crippen LogP contribution in [-0.2, 0) is 30.4 Å². The predicted molar refractivity (Wildman–Crippen MR) is 62.6 cm³/mol. The summed E-state index contributed by atoms with van der Waals surface area (Å²) >= 11 is 0. The van der Waals surface area contributed by atoms with Gasteiger partial charge in [-0.05, 0) is 25.7 Å². The van der Waals surface area contributed by atoms with E-state index in [0.29, 0.717) is 30.6 Å². The highest BCUT2D eigenvalue weighted by Gasteiger charge is 2.39. The molecule has 1 aliphatic rings. The normalized spacial score (nSPS) is 15.2. The molecule has 0 saturated heterocycles. The number of amides is 1. The summed E-state index contributed by atoms with van der Waals surface area (Å²) in [6.45, 7) is 1.94. The molecule has 0 aliphatic heterocycles. The third-order valence-corrected chi connectivity index (χ3v) is 3.22. The van der Waals surface area contributed by atoms with Gasteiger partial charge in [0.05, 0.1) is 6.54 Å². The lowest BCUT2D eigenvalue weighted by Crippen LogP contribution is -2.25. The minimum Gasteiger partial charge on any atom is -0.354 e. The maximum absolute atomic E-state index is 12.9. The molecule has 0 saturated carbocycles. The molecule has 2 rings (SSSR count). The molecule has 1 amide bonds. The lowest BCUT2D eigenvalue weighted by Gasteiger charge is -2.14. The van der Waals surface area contributed by atoms with Gasteiger partial charge in [-0.1, -0.05) is 0 Å². The van der Waals surface area contributed by atoms with Gasteiger partial charge < -0.3 is 5.32 Å². The first-order valence-electron chi connectivity index (χ1n) is 6.30. The number of nitrogens with one attached hydrogen (secondary N) is 1. The molecule has 1 aliphatic carbocycles. The van der Waals surface area contributed by atoms with Crippen molar-refractivity contribution in [1.29, 1.82) is 0 Å². The Kier molecular flexibility index (Phi) is 3.82. The monoisotopic (exact) mass is 275 g/mol. The topological polar surface area (TPSA) is 46.9 Å². The van der Waals surface area contributed by atoms with Crippen molar-refractivity contribution in [3.63, 3.8) is 0 Å². The Balaban J connectivity index is 2.23. The van der Waals surface area contributed by atoms with Gasteiger partial charge in [0.25, 0.3) is 0 Å². The molecule has 0 aromatic carbocycles. The van der Waals surface area contributed by atoms with Gasteiger partial charge in [0, 0.05) is 24.7 Å². The van der Waals surface area contributed by atoms with Crippen LogP contribution in [0.2, 0.25) is 0 Å². The zero-order chi connectivity index (χ0) is 14.0. The summed E-state index contributed by atoms with van der Waals surface area (Å²) < 4.78 is 40.1. The second-order valence-corrected chi connectivity index (χ2v) is 4.68. The highest BCUT2D eigenvalue weighted by molar-refractivity contribution is 5.72. The number of aromatic nitrogens is 2. The van der Waals surface area contributed by atoms with E-state index in [4.69, 9.17) is 0 Å². The molecule has 0 spiro atoms. The Morgan fingerprint density at radius 3 is 2.68 bits per heavy atom. The summed E-state index contributed by atoms with van der Waals surface area (Å²) in [7, 11) is 0. The van der Waals surface area contributed by atoms with Crippen LogP contribution in [0.1, 0.15) is 36.7 Å². The van der Waals surface area contributed by atoms with Gasteiger partial charge >= 0.3 is 6.18 Å². The number of fused-ring (bicyclic) bond motifs is 1. The smallest absolute Gasteiger partial charge is 0.354 e. The SMILES string of the molecule is CC(=O)NCCn1nc(C(F)(F)F)c2c1CCCC2. The summed E-state index contributed by atoms with van der Waals surface area (Å²) in [5.41, 5.74) is 0.246. The van der Waals surface area contributed by atoms with Crippen LogP contribution in [0.5, 0.6) is 0 Å². The van der Waals surface area contributed by atoms with Gasteiger partial charge in [-0.25, -0.2) is 0 Å². The van der Waals surface area contributed by atoms with Crippen LogP contribution in [0.25, 0.3) is 0 Å². The molecule has 1 aromatic rings. The van der Waals surface area contributed by atoms with Crippen molar-refractivity contribution in [3.05, 3.63) is 17.0 Å². The molecule has 1 aromatic heterocycles. The van der Waals surface area contributed by atoms with Gasteiger partial charge in [-0.2, -0.15) is 18.3 Å². The Morgan fingerprint density at radius 2 is 2.05 bits per heavy atom. The zero-order valence-electron chi connectivity index (χ0n) is 10.7. The number of halogens is 3. The van der Waals surface area contributed by atoms with E-state index in [1.54, 1.807) is 0 Å². The molecule has 4 nitrogen and oxygen atoms in total. The largest absolute Gasteiger partial charge is 0.435 e. The van der Waals surface area contributed by atoms with E-state index in [2.05, 4.69) is 10.4 Å². The molecule has 1 heterocycles. The molecule has 0 atom stereocenters. The predicted octanol–water partition coefficient (Wildman–Crippen LogP) is 1.92. The fraction of sp³-hybridized carbons (Fsp3) is 0.667. The molecule has 0 radical (unpaired) electrons. The molecular weight excluding hydrogens is 259 g/mol. The molecule has 0 fully saturated rings. The number of hydrogen-bond acceptors (Lipinski definition) is 2. The molecular formula is C12H16F3N3O. The van der Waals surface area contributed by atoms with Crippen LogP contribution < -0.4 is 5.32 Å². The van der Waals surface area contributed by atoms with E-state index in [9.17, 15) is 18.0 Å². The number of carbonyl (C=O) groups excluding carboxylic acids is 1. The summed E-state index contributed by atoms with van der Waals surface area (Å²) in [5, 5.41) is 6.27. The first kappa shape index (κ1) is 13.9. The minimum absolute atomic E-state index is 0.197. The highest BCUT2D eigenvalue weighted by Crippen LogP contribution is 2.35. The van der Waals surface area contributed by atoms with E-state index in [0.717, 1.165) is 12.8 Å². The number of carbonyl (C=O) groups is 1. The van der Waals surface area contributed by atoms with Gasteiger partial charge in [-0.3, -0.25) is 9.48 Å². The summed E-state index contributed by atoms with van der Waals surface area (Å²) in [5.74, 6) is -0.197. The maximum Gasteiger partial charge on any atom is 0.435 e. The van der Waals surface area contributed by atoms with Crippen LogP contribution in [0.15, 0.2) is 0 Å². The van der Waals surface area contributed by atoms with E-state index < -0.39 is 11.9 Å². The van der Waals surface area contributed by atoms with Crippen molar-refractivity contribution in [2.45, 2.75) is 45.3 Å². The van der Waals surface area contributed by atoms with Crippen LogP contribution >= 0.6 is 0 Å². The third-order valence-electron chi connectivity index (χ3n) is 3.22. The summed E-state index contributed by atoms with van der Waals surface area (Å²) in [6, 6.07) is 0. The lowest BCUT2D eigenvalue weighted by molar-refractivity contribution is -0.142. The Bertz CT molecular complexity index is 479. The minimum atomic E-state index is -4.40. The van der Waals surface area contributed by atoms with Crippen molar-refractivity contribution >= 4 is 5.91 Å². The molecule has 0 unspecified atom stereocenters. The van der Waals surface area contributed by atoms with Crippen molar-refractivity contribution < 1.29 is 18.0 Å². The molecule has 7 heteroatoms.